The summed E-state index contributed by atoms with van der Waals surface area (Å²) in [6, 6.07) is 9.13. The van der Waals surface area contributed by atoms with Crippen molar-refractivity contribution in [3.05, 3.63) is 59.2 Å². The second-order valence-electron chi connectivity index (χ2n) is 6.56. The summed E-state index contributed by atoms with van der Waals surface area (Å²) in [6.07, 6.45) is 0. The van der Waals surface area contributed by atoms with E-state index in [2.05, 4.69) is 0 Å². The molecule has 0 radical (unpaired) electrons. The van der Waals surface area contributed by atoms with Crippen LogP contribution in [0.1, 0.15) is 22.8 Å². The lowest BCUT2D eigenvalue weighted by atomic mass is 10.1. The average molecular weight is 374 g/mol. The number of halogens is 2. The zero-order chi connectivity index (χ0) is 19.7. The van der Waals surface area contributed by atoms with Crippen LogP contribution in [0.2, 0.25) is 0 Å². The summed E-state index contributed by atoms with van der Waals surface area (Å²) < 4.78 is 33.4. The number of nitrogens with zero attached hydrogens (tertiary/aromatic N) is 2. The molecular weight excluding hydrogens is 354 g/mol. The van der Waals surface area contributed by atoms with Crippen molar-refractivity contribution in [1.29, 1.82) is 0 Å². The Morgan fingerprint density at radius 3 is 2.44 bits per heavy atom. The molecule has 1 saturated heterocycles. The molecule has 2 amide bonds. The van der Waals surface area contributed by atoms with Gasteiger partial charge in [-0.1, -0.05) is 17.7 Å². The van der Waals surface area contributed by atoms with Crippen molar-refractivity contribution < 1.29 is 23.1 Å². The van der Waals surface area contributed by atoms with E-state index < -0.39 is 29.1 Å². The molecule has 0 aliphatic carbocycles. The fourth-order valence-corrected chi connectivity index (χ4v) is 3.13. The number of ether oxygens (including phenoxy) is 1. The zero-order valence-electron chi connectivity index (χ0n) is 15.3. The maximum absolute atomic E-state index is 14.4. The van der Waals surface area contributed by atoms with E-state index in [0.29, 0.717) is 0 Å². The highest BCUT2D eigenvalue weighted by Crippen LogP contribution is 2.27. The van der Waals surface area contributed by atoms with Crippen molar-refractivity contribution in [1.82, 2.24) is 4.90 Å². The van der Waals surface area contributed by atoms with Crippen molar-refractivity contribution in [2.24, 2.45) is 0 Å². The molecule has 5 nitrogen and oxygen atoms in total. The van der Waals surface area contributed by atoms with Crippen LogP contribution in [0.3, 0.4) is 0 Å². The number of piperazine rings is 1. The number of benzene rings is 2. The Kier molecular flexibility index (Phi) is 5.12. The molecular formula is C20H20F2N2O3. The molecule has 1 unspecified atom stereocenters. The second kappa shape index (κ2) is 7.34. The summed E-state index contributed by atoms with van der Waals surface area (Å²) in [5.41, 5.74) is 1.08. The molecule has 2 aromatic rings. The Hall–Kier alpha value is -2.96. The Bertz CT molecular complexity index is 884. The minimum Gasteiger partial charge on any atom is -0.494 e. The first-order valence-electron chi connectivity index (χ1n) is 8.53. The minimum absolute atomic E-state index is 0.225. The Morgan fingerprint density at radius 1 is 1.15 bits per heavy atom. The van der Waals surface area contributed by atoms with Crippen LogP contribution in [0.15, 0.2) is 36.4 Å². The van der Waals surface area contributed by atoms with E-state index in [1.54, 1.807) is 11.8 Å². The molecule has 0 aromatic heterocycles. The Morgan fingerprint density at radius 2 is 1.81 bits per heavy atom. The summed E-state index contributed by atoms with van der Waals surface area (Å²) in [5.74, 6) is -3.46. The van der Waals surface area contributed by atoms with Crippen LogP contribution < -0.4 is 9.64 Å². The maximum Gasteiger partial charge on any atom is 0.260 e. The second-order valence-corrected chi connectivity index (χ2v) is 6.56. The van der Waals surface area contributed by atoms with Gasteiger partial charge in [0.2, 0.25) is 5.91 Å². The average Bonchev–Trinajstić information content (AvgIpc) is 2.64. The van der Waals surface area contributed by atoms with Crippen LogP contribution in [0.4, 0.5) is 14.5 Å². The predicted octanol–water partition coefficient (Wildman–Crippen LogP) is 3.16. The summed E-state index contributed by atoms with van der Waals surface area (Å²) in [5, 5.41) is 0. The first kappa shape index (κ1) is 18.8. The highest BCUT2D eigenvalue weighted by atomic mass is 19.1. The molecule has 0 N–H and O–H groups in total. The number of carbonyl (C=O) groups is 2. The zero-order valence-corrected chi connectivity index (χ0v) is 15.3. The number of rotatable bonds is 3. The van der Waals surface area contributed by atoms with Gasteiger partial charge < -0.3 is 14.5 Å². The lowest BCUT2D eigenvalue weighted by molar-refractivity contribution is -0.121. The number of aryl methyl sites for hydroxylation is 1. The van der Waals surface area contributed by atoms with E-state index in [9.17, 15) is 18.4 Å². The third-order valence-corrected chi connectivity index (χ3v) is 4.68. The van der Waals surface area contributed by atoms with Gasteiger partial charge in [-0.25, -0.2) is 8.78 Å². The molecule has 7 heteroatoms. The van der Waals surface area contributed by atoms with Gasteiger partial charge in [-0.05, 0) is 38.1 Å². The molecule has 142 valence electrons. The first-order chi connectivity index (χ1) is 12.8. The maximum atomic E-state index is 14.4. The molecule has 1 aliphatic heterocycles. The summed E-state index contributed by atoms with van der Waals surface area (Å²) in [4.78, 5) is 28.1. The van der Waals surface area contributed by atoms with E-state index in [0.717, 1.165) is 23.4 Å². The van der Waals surface area contributed by atoms with Gasteiger partial charge in [-0.15, -0.1) is 0 Å². The van der Waals surface area contributed by atoms with Crippen LogP contribution in [0, 0.1) is 18.6 Å². The van der Waals surface area contributed by atoms with Crippen molar-refractivity contribution in [3.8, 4) is 5.75 Å². The normalized spacial score (nSPS) is 17.2. The molecule has 1 fully saturated rings. The molecule has 1 atom stereocenters. The summed E-state index contributed by atoms with van der Waals surface area (Å²) >= 11 is 0. The van der Waals surface area contributed by atoms with Crippen LogP contribution in [-0.4, -0.2) is 43.0 Å². The third-order valence-electron chi connectivity index (χ3n) is 4.68. The van der Waals surface area contributed by atoms with Crippen molar-refractivity contribution in [3.63, 3.8) is 0 Å². The summed E-state index contributed by atoms with van der Waals surface area (Å²) in [7, 11) is 1.23. The van der Waals surface area contributed by atoms with Gasteiger partial charge in [0, 0.05) is 18.3 Å². The SMILES string of the molecule is COc1ccc(F)c(C(=O)N2CC(=O)N(c3ccc(C)cc3)CC2C)c1F. The van der Waals surface area contributed by atoms with Gasteiger partial charge in [-0.2, -0.15) is 0 Å². The number of hydrogen-bond acceptors (Lipinski definition) is 3. The minimum atomic E-state index is -1.07. The largest absolute Gasteiger partial charge is 0.494 e. The van der Waals surface area contributed by atoms with Gasteiger partial charge in [0.25, 0.3) is 5.91 Å². The highest BCUT2D eigenvalue weighted by molar-refractivity contribution is 6.02. The number of amides is 2. The molecule has 2 aromatic carbocycles. The van der Waals surface area contributed by atoms with Gasteiger partial charge in [0.15, 0.2) is 11.6 Å². The monoisotopic (exact) mass is 374 g/mol. The van der Waals surface area contributed by atoms with Gasteiger partial charge in [-0.3, -0.25) is 9.59 Å². The van der Waals surface area contributed by atoms with Crippen LogP contribution in [0.25, 0.3) is 0 Å². The molecule has 1 aliphatic rings. The molecule has 27 heavy (non-hydrogen) atoms. The van der Waals surface area contributed by atoms with E-state index >= 15 is 0 Å². The standard InChI is InChI=1S/C20H20F2N2O3/c1-12-4-6-14(7-5-12)24-10-13(2)23(11-17(24)25)20(26)18-15(21)8-9-16(27-3)19(18)22/h4-9,13H,10-11H2,1-3H3. The summed E-state index contributed by atoms with van der Waals surface area (Å²) in [6.45, 7) is 3.66. The molecule has 3 rings (SSSR count). The Labute approximate surface area is 156 Å². The smallest absolute Gasteiger partial charge is 0.260 e. The molecule has 1 heterocycles. The van der Waals surface area contributed by atoms with Gasteiger partial charge >= 0.3 is 0 Å². The molecule has 0 saturated carbocycles. The fraction of sp³-hybridized carbons (Fsp3) is 0.300. The van der Waals surface area contributed by atoms with Crippen LogP contribution >= 0.6 is 0 Å². The fourth-order valence-electron chi connectivity index (χ4n) is 3.13. The first-order valence-corrected chi connectivity index (χ1v) is 8.53. The van der Waals surface area contributed by atoms with Gasteiger partial charge in [0.05, 0.1) is 7.11 Å². The third kappa shape index (κ3) is 3.49. The van der Waals surface area contributed by atoms with Crippen LogP contribution in [0.5, 0.6) is 5.75 Å². The van der Waals surface area contributed by atoms with E-state index in [1.807, 2.05) is 31.2 Å². The predicted molar refractivity (Wildman–Crippen MR) is 96.9 cm³/mol. The topological polar surface area (TPSA) is 49.9 Å². The highest BCUT2D eigenvalue weighted by Gasteiger charge is 2.36. The van der Waals surface area contributed by atoms with Gasteiger partial charge in [0.1, 0.15) is 17.9 Å². The van der Waals surface area contributed by atoms with Crippen LogP contribution in [-0.2, 0) is 4.79 Å². The Balaban J connectivity index is 1.87. The van der Waals surface area contributed by atoms with E-state index in [4.69, 9.17) is 4.74 Å². The molecule has 0 bridgehead atoms. The molecule has 0 spiro atoms. The van der Waals surface area contributed by atoms with E-state index in [-0.39, 0.29) is 24.7 Å². The van der Waals surface area contributed by atoms with Crippen molar-refractivity contribution >= 4 is 17.5 Å². The number of carbonyl (C=O) groups excluding carboxylic acids is 2. The number of hydrogen-bond donors (Lipinski definition) is 0. The number of methoxy groups -OCH3 is 1. The number of anilines is 1. The van der Waals surface area contributed by atoms with E-state index in [1.165, 1.54) is 12.0 Å². The lowest BCUT2D eigenvalue weighted by Gasteiger charge is -2.39. The van der Waals surface area contributed by atoms with Crippen molar-refractivity contribution in [2.75, 3.05) is 25.1 Å². The van der Waals surface area contributed by atoms with Crippen molar-refractivity contribution in [2.45, 2.75) is 19.9 Å². The quantitative estimate of drug-likeness (QED) is 0.829. The lowest BCUT2D eigenvalue weighted by Crippen LogP contribution is -2.57.